The van der Waals surface area contributed by atoms with Gasteiger partial charge in [0.05, 0.1) is 0 Å². The van der Waals surface area contributed by atoms with Gasteiger partial charge in [0.15, 0.2) is 0 Å². The van der Waals surface area contributed by atoms with Crippen molar-refractivity contribution in [3.63, 3.8) is 0 Å². The second kappa shape index (κ2) is 11.0. The Morgan fingerprint density at radius 1 is 1.25 bits per heavy atom. The standard InChI is InChI=1S/BHO2.Be/c2-1-3;/h1H;/q-2;+2. The Hall–Kier alpha value is 0.154. The van der Waals surface area contributed by atoms with Crippen LogP contribution < -0.4 is 10.0 Å². The molecular weight excluding hydrogens is 51.8 g/mol. The Kier molecular flexibility index (Phi) is 24.5. The summed E-state index contributed by atoms with van der Waals surface area (Å²) in [4.78, 5) is 0. The van der Waals surface area contributed by atoms with E-state index in [9.17, 15) is 0 Å². The predicted molar refractivity (Wildman–Crippen MR) is 12.9 cm³/mol. The summed E-state index contributed by atoms with van der Waals surface area (Å²) in [6.45, 7) is 0. The molecule has 0 saturated carbocycles. The molecule has 0 aromatic heterocycles. The SMILES string of the molecule is [Be+2].[O-]B[O-]. The number of rotatable bonds is 0. The topological polar surface area (TPSA) is 46.1 Å². The van der Waals surface area contributed by atoms with Crippen LogP contribution in [0.5, 0.6) is 0 Å². The molecule has 0 aliphatic carbocycles. The minimum Gasteiger partial charge on any atom is -0.896 e. The molecule has 2 nitrogen and oxygen atoms in total. The fourth-order valence-corrected chi connectivity index (χ4v) is 0. The Balaban J connectivity index is 0. The van der Waals surface area contributed by atoms with Gasteiger partial charge in [-0.2, -0.15) is 0 Å². The van der Waals surface area contributed by atoms with Gasteiger partial charge in [0.2, 0.25) is 0 Å². The maximum atomic E-state index is 8.38. The zero-order valence-electron chi connectivity index (χ0n) is 2.23. The third kappa shape index (κ3) is 121. The van der Waals surface area contributed by atoms with Crippen molar-refractivity contribution in [2.75, 3.05) is 0 Å². The molecule has 0 saturated heterocycles. The summed E-state index contributed by atoms with van der Waals surface area (Å²) in [5.74, 6) is 0. The van der Waals surface area contributed by atoms with Crippen molar-refractivity contribution in [1.29, 1.82) is 0 Å². The first-order valence-electron chi connectivity index (χ1n) is 0.577. The van der Waals surface area contributed by atoms with Crippen LogP contribution in [-0.2, 0) is 0 Å². The minimum atomic E-state index is -1.25. The summed E-state index contributed by atoms with van der Waals surface area (Å²) in [7, 11) is -1.25. The minimum absolute atomic E-state index is 0. The molecule has 0 heterocycles. The molecule has 0 aromatic carbocycles. The van der Waals surface area contributed by atoms with Gasteiger partial charge in [0.1, 0.15) is 0 Å². The van der Waals surface area contributed by atoms with Crippen molar-refractivity contribution in [2.45, 2.75) is 0 Å². The van der Waals surface area contributed by atoms with Crippen LogP contribution in [0.2, 0.25) is 0 Å². The molecule has 0 aliphatic rings. The van der Waals surface area contributed by atoms with Crippen molar-refractivity contribution in [3.8, 4) is 0 Å². The van der Waals surface area contributed by atoms with E-state index in [-0.39, 0.29) is 10.1 Å². The second-order valence-electron chi connectivity index (χ2n) is 0.118. The van der Waals surface area contributed by atoms with Gasteiger partial charge in [-0.1, -0.05) is 0 Å². The number of hydrogen-bond acceptors (Lipinski definition) is 2. The average Bonchev–Trinajstić information content (AvgIpc) is 0.918. The third-order valence-corrected chi connectivity index (χ3v) is 0. The normalized spacial score (nSPS) is 3.50. The quantitative estimate of drug-likeness (QED) is 0.270. The molecule has 0 aromatic rings. The van der Waals surface area contributed by atoms with Crippen molar-refractivity contribution < 1.29 is 10.0 Å². The smallest absolute Gasteiger partial charge is 0.896 e. The third-order valence-electron chi connectivity index (χ3n) is 0. The van der Waals surface area contributed by atoms with Crippen LogP contribution in [0.15, 0.2) is 0 Å². The summed E-state index contributed by atoms with van der Waals surface area (Å²) in [6.07, 6.45) is 0. The van der Waals surface area contributed by atoms with Gasteiger partial charge in [-0.3, -0.25) is 0 Å². The summed E-state index contributed by atoms with van der Waals surface area (Å²) >= 11 is 0. The van der Waals surface area contributed by atoms with Gasteiger partial charge in [-0.05, 0) is 0 Å². The fourth-order valence-electron chi connectivity index (χ4n) is 0. The molecule has 0 spiro atoms. The Labute approximate surface area is 29.0 Å². The van der Waals surface area contributed by atoms with Crippen molar-refractivity contribution >= 4 is 17.8 Å². The molecule has 0 rings (SSSR count). The Morgan fingerprint density at radius 3 is 1.25 bits per heavy atom. The van der Waals surface area contributed by atoms with Crippen LogP contribution in [0.4, 0.5) is 0 Å². The molecule has 0 N–H and O–H groups in total. The molecule has 0 atom stereocenters. The van der Waals surface area contributed by atoms with E-state index in [2.05, 4.69) is 0 Å². The van der Waals surface area contributed by atoms with Crippen molar-refractivity contribution in [3.05, 3.63) is 0 Å². The van der Waals surface area contributed by atoms with Gasteiger partial charge in [0, 0.05) is 0 Å². The Bertz CT molecular complexity index is 6.00. The van der Waals surface area contributed by atoms with Crippen molar-refractivity contribution in [2.24, 2.45) is 0 Å². The van der Waals surface area contributed by atoms with E-state index in [1.807, 2.05) is 0 Å². The summed E-state index contributed by atoms with van der Waals surface area (Å²) < 4.78 is 0. The maximum absolute atomic E-state index is 8.38. The first-order valence-corrected chi connectivity index (χ1v) is 0.577. The van der Waals surface area contributed by atoms with E-state index in [1.54, 1.807) is 0 Å². The molecular formula is HBBeO2. The van der Waals surface area contributed by atoms with Crippen LogP contribution in [0.25, 0.3) is 0 Å². The molecule has 0 bridgehead atoms. The molecule has 0 fully saturated rings. The Morgan fingerprint density at radius 2 is 1.25 bits per heavy atom. The number of hydrogen-bond donors (Lipinski definition) is 0. The van der Waals surface area contributed by atoms with Gasteiger partial charge in [-0.25, -0.2) is 0 Å². The average molecular weight is 52.8 g/mol. The van der Waals surface area contributed by atoms with Gasteiger partial charge >= 0.3 is 10.1 Å². The second-order valence-corrected chi connectivity index (χ2v) is 0.118. The molecule has 0 aliphatic heterocycles. The van der Waals surface area contributed by atoms with Crippen LogP contribution in [0.3, 0.4) is 0 Å². The van der Waals surface area contributed by atoms with Crippen LogP contribution in [0, 0.1) is 0 Å². The monoisotopic (exact) mass is 53.0 g/mol. The van der Waals surface area contributed by atoms with E-state index in [1.165, 1.54) is 0 Å². The first-order chi connectivity index (χ1) is 1.41. The van der Waals surface area contributed by atoms with E-state index >= 15 is 0 Å². The van der Waals surface area contributed by atoms with Gasteiger partial charge in [0.25, 0.3) is 0 Å². The fraction of sp³-hybridized carbons (Fsp3) is 0. The largest absolute Gasteiger partial charge is 2.00 e. The summed E-state index contributed by atoms with van der Waals surface area (Å²) in [5.41, 5.74) is 0. The molecule has 0 unspecified atom stereocenters. The zero-order valence-corrected chi connectivity index (χ0v) is 2.23. The van der Waals surface area contributed by atoms with Crippen LogP contribution in [0.1, 0.15) is 0 Å². The van der Waals surface area contributed by atoms with Crippen LogP contribution in [-0.4, -0.2) is 17.8 Å². The van der Waals surface area contributed by atoms with Gasteiger partial charge < -0.3 is 10.0 Å². The predicted octanol–water partition coefficient (Wildman–Crippen LogP) is -3.41. The first kappa shape index (κ1) is 8.91. The summed E-state index contributed by atoms with van der Waals surface area (Å²) in [6, 6.07) is 0. The molecule has 0 amide bonds. The zero-order chi connectivity index (χ0) is 2.71. The molecule has 4 heteroatoms. The van der Waals surface area contributed by atoms with E-state index < -0.39 is 7.69 Å². The summed E-state index contributed by atoms with van der Waals surface area (Å²) in [5, 5.41) is 16.8. The molecule has 18 valence electrons. The van der Waals surface area contributed by atoms with E-state index in [0.717, 1.165) is 0 Å². The maximum Gasteiger partial charge on any atom is 2.00 e. The van der Waals surface area contributed by atoms with Gasteiger partial charge in [-0.15, -0.1) is 7.69 Å². The van der Waals surface area contributed by atoms with E-state index in [4.69, 9.17) is 10.0 Å². The van der Waals surface area contributed by atoms with Crippen LogP contribution >= 0.6 is 0 Å². The molecule has 4 heavy (non-hydrogen) atoms. The van der Waals surface area contributed by atoms with E-state index in [0.29, 0.717) is 0 Å². The van der Waals surface area contributed by atoms with Crippen molar-refractivity contribution in [1.82, 2.24) is 0 Å². The molecule has 0 radical (unpaired) electrons.